The molecule has 0 fully saturated rings. The minimum absolute atomic E-state index is 0.0000680. The highest BCUT2D eigenvalue weighted by molar-refractivity contribution is 7.91. The van der Waals surface area contributed by atoms with E-state index in [1.807, 2.05) is 0 Å². The van der Waals surface area contributed by atoms with Gasteiger partial charge in [0.25, 0.3) is 0 Å². The Bertz CT molecular complexity index is 441. The molecular formula is C9H11ClO4S. The van der Waals surface area contributed by atoms with E-state index in [1.54, 1.807) is 0 Å². The summed E-state index contributed by atoms with van der Waals surface area (Å²) in [5.74, 6) is -0.289. The van der Waals surface area contributed by atoms with Gasteiger partial charge in [0, 0.05) is 6.61 Å². The maximum atomic E-state index is 11.6. The van der Waals surface area contributed by atoms with Crippen LogP contribution >= 0.6 is 11.6 Å². The molecule has 0 aliphatic heterocycles. The molecule has 1 rings (SSSR count). The summed E-state index contributed by atoms with van der Waals surface area (Å²) in [7, 11) is -3.42. The molecule has 1 aromatic rings. The highest BCUT2D eigenvalue weighted by Gasteiger charge is 2.15. The molecule has 15 heavy (non-hydrogen) atoms. The van der Waals surface area contributed by atoms with Crippen LogP contribution in [0.15, 0.2) is 23.1 Å². The monoisotopic (exact) mass is 250 g/mol. The zero-order chi connectivity index (χ0) is 11.5. The van der Waals surface area contributed by atoms with Crippen molar-refractivity contribution in [3.63, 3.8) is 0 Å². The Labute approximate surface area is 93.0 Å². The standard InChI is InChI=1S/C9H11ClO4S/c10-8-6-7(2-3-9(8)12)15(13,14)5-1-4-11/h2-3,6,11-12H,1,4-5H2. The second-order valence-corrected chi connectivity index (χ2v) is 5.53. The van der Waals surface area contributed by atoms with E-state index in [-0.39, 0.29) is 34.4 Å². The smallest absolute Gasteiger partial charge is 0.178 e. The summed E-state index contributed by atoms with van der Waals surface area (Å²) in [6, 6.07) is 3.71. The average molecular weight is 251 g/mol. The number of sulfone groups is 1. The number of aliphatic hydroxyl groups excluding tert-OH is 1. The molecule has 0 spiro atoms. The predicted molar refractivity (Wildman–Crippen MR) is 56.9 cm³/mol. The maximum absolute atomic E-state index is 11.6. The fraction of sp³-hybridized carbons (Fsp3) is 0.333. The second kappa shape index (κ2) is 4.83. The molecule has 2 N–H and O–H groups in total. The molecule has 0 aliphatic rings. The summed E-state index contributed by atoms with van der Waals surface area (Å²) < 4.78 is 23.2. The first-order valence-electron chi connectivity index (χ1n) is 4.29. The zero-order valence-corrected chi connectivity index (χ0v) is 9.42. The molecule has 0 amide bonds. The molecule has 0 heterocycles. The van der Waals surface area contributed by atoms with Gasteiger partial charge >= 0.3 is 0 Å². The molecule has 0 saturated carbocycles. The molecule has 1 aromatic carbocycles. The van der Waals surface area contributed by atoms with E-state index in [0.717, 1.165) is 0 Å². The number of phenolic OH excluding ortho intramolecular Hbond substituents is 1. The third-order valence-corrected chi connectivity index (χ3v) is 3.95. The molecule has 84 valence electrons. The normalized spacial score (nSPS) is 11.6. The number of phenols is 1. The fourth-order valence-electron chi connectivity index (χ4n) is 1.05. The van der Waals surface area contributed by atoms with Crippen LogP contribution in [0.4, 0.5) is 0 Å². The highest BCUT2D eigenvalue weighted by atomic mass is 35.5. The third kappa shape index (κ3) is 3.09. The van der Waals surface area contributed by atoms with E-state index in [2.05, 4.69) is 0 Å². The first-order valence-corrected chi connectivity index (χ1v) is 6.32. The number of hydrogen-bond acceptors (Lipinski definition) is 4. The van der Waals surface area contributed by atoms with E-state index in [1.165, 1.54) is 18.2 Å². The van der Waals surface area contributed by atoms with Gasteiger partial charge in [0.15, 0.2) is 9.84 Å². The largest absolute Gasteiger partial charge is 0.506 e. The lowest BCUT2D eigenvalue weighted by Crippen LogP contribution is -2.08. The zero-order valence-electron chi connectivity index (χ0n) is 7.85. The van der Waals surface area contributed by atoms with Crippen molar-refractivity contribution in [2.75, 3.05) is 12.4 Å². The molecule has 4 nitrogen and oxygen atoms in total. The lowest BCUT2D eigenvalue weighted by atomic mass is 10.3. The summed E-state index contributed by atoms with van der Waals surface area (Å²) in [5.41, 5.74) is 0. The molecule has 0 aromatic heterocycles. The van der Waals surface area contributed by atoms with Crippen molar-refractivity contribution >= 4 is 21.4 Å². The van der Waals surface area contributed by atoms with E-state index >= 15 is 0 Å². The van der Waals surface area contributed by atoms with Crippen LogP contribution < -0.4 is 0 Å². The minimum atomic E-state index is -3.42. The Morgan fingerprint density at radius 2 is 2.00 bits per heavy atom. The summed E-state index contributed by atoms with van der Waals surface area (Å²) in [6.07, 6.45) is 0.181. The molecule has 0 unspecified atom stereocenters. The van der Waals surface area contributed by atoms with Crippen molar-refractivity contribution in [2.24, 2.45) is 0 Å². The fourth-order valence-corrected chi connectivity index (χ4v) is 2.62. The maximum Gasteiger partial charge on any atom is 0.178 e. The van der Waals surface area contributed by atoms with Gasteiger partial charge in [0.1, 0.15) is 5.75 Å². The van der Waals surface area contributed by atoms with Crippen molar-refractivity contribution in [3.05, 3.63) is 23.2 Å². The van der Waals surface area contributed by atoms with Gasteiger partial charge in [-0.3, -0.25) is 0 Å². The minimum Gasteiger partial charge on any atom is -0.506 e. The first-order chi connectivity index (χ1) is 6.97. The van der Waals surface area contributed by atoms with E-state index in [0.29, 0.717) is 0 Å². The molecule has 0 atom stereocenters. The van der Waals surface area contributed by atoms with Gasteiger partial charge in [-0.25, -0.2) is 8.42 Å². The molecular weight excluding hydrogens is 240 g/mol. The van der Waals surface area contributed by atoms with Crippen LogP contribution in [0, 0.1) is 0 Å². The van der Waals surface area contributed by atoms with Gasteiger partial charge < -0.3 is 10.2 Å². The summed E-state index contributed by atoms with van der Waals surface area (Å²) >= 11 is 5.59. The van der Waals surface area contributed by atoms with E-state index < -0.39 is 9.84 Å². The highest BCUT2D eigenvalue weighted by Crippen LogP contribution is 2.26. The van der Waals surface area contributed by atoms with Gasteiger partial charge in [-0.15, -0.1) is 0 Å². The topological polar surface area (TPSA) is 74.6 Å². The van der Waals surface area contributed by atoms with Gasteiger partial charge in [0.2, 0.25) is 0 Å². The van der Waals surface area contributed by atoms with Crippen molar-refractivity contribution in [3.8, 4) is 5.75 Å². The lowest BCUT2D eigenvalue weighted by Gasteiger charge is -2.04. The SMILES string of the molecule is O=S(=O)(CCCO)c1ccc(O)c(Cl)c1. The number of hydrogen-bond donors (Lipinski definition) is 2. The number of rotatable bonds is 4. The van der Waals surface area contributed by atoms with Crippen molar-refractivity contribution in [1.29, 1.82) is 0 Å². The Balaban J connectivity index is 3.00. The Morgan fingerprint density at radius 1 is 1.33 bits per heavy atom. The predicted octanol–water partition coefficient (Wildman–Crippen LogP) is 1.20. The van der Waals surface area contributed by atoms with Gasteiger partial charge in [-0.2, -0.15) is 0 Å². The van der Waals surface area contributed by atoms with Crippen molar-refractivity contribution in [2.45, 2.75) is 11.3 Å². The number of aromatic hydroxyl groups is 1. The average Bonchev–Trinajstić information content (AvgIpc) is 2.19. The van der Waals surface area contributed by atoms with Crippen LogP contribution in [0.2, 0.25) is 5.02 Å². The number of aliphatic hydroxyl groups is 1. The van der Waals surface area contributed by atoms with Gasteiger partial charge in [0.05, 0.1) is 15.7 Å². The quantitative estimate of drug-likeness (QED) is 0.842. The summed E-state index contributed by atoms with van der Waals surface area (Å²) in [5, 5.41) is 17.7. The summed E-state index contributed by atoms with van der Waals surface area (Å²) in [4.78, 5) is 0.0544. The van der Waals surface area contributed by atoms with Gasteiger partial charge in [-0.1, -0.05) is 11.6 Å². The van der Waals surface area contributed by atoms with E-state index in [9.17, 15) is 8.42 Å². The first kappa shape index (κ1) is 12.3. The van der Waals surface area contributed by atoms with Crippen LogP contribution in [0.25, 0.3) is 0 Å². The van der Waals surface area contributed by atoms with Crippen LogP contribution in [-0.2, 0) is 9.84 Å². The molecule has 0 bridgehead atoms. The molecule has 6 heteroatoms. The van der Waals surface area contributed by atoms with Crippen molar-refractivity contribution in [1.82, 2.24) is 0 Å². The Hall–Kier alpha value is -0.780. The summed E-state index contributed by atoms with van der Waals surface area (Å²) in [6.45, 7) is -0.176. The number of benzene rings is 1. The third-order valence-electron chi connectivity index (χ3n) is 1.85. The van der Waals surface area contributed by atoms with Gasteiger partial charge in [-0.05, 0) is 24.6 Å². The lowest BCUT2D eigenvalue weighted by molar-refractivity contribution is 0.295. The van der Waals surface area contributed by atoms with Crippen LogP contribution in [0.1, 0.15) is 6.42 Å². The Kier molecular flexibility index (Phi) is 3.96. The van der Waals surface area contributed by atoms with E-state index in [4.69, 9.17) is 21.8 Å². The molecule has 0 saturated heterocycles. The molecule has 0 radical (unpaired) electrons. The van der Waals surface area contributed by atoms with Crippen LogP contribution in [0.5, 0.6) is 5.75 Å². The van der Waals surface area contributed by atoms with Crippen LogP contribution in [0.3, 0.4) is 0 Å². The van der Waals surface area contributed by atoms with Crippen LogP contribution in [-0.4, -0.2) is 31.0 Å². The van der Waals surface area contributed by atoms with Crippen molar-refractivity contribution < 1.29 is 18.6 Å². The number of halogens is 1. The second-order valence-electron chi connectivity index (χ2n) is 3.01. The molecule has 0 aliphatic carbocycles. The Morgan fingerprint density at radius 3 is 2.53 bits per heavy atom.